The number of anilines is 1. The van der Waals surface area contributed by atoms with E-state index in [-0.39, 0.29) is 18.0 Å². The highest BCUT2D eigenvalue weighted by atomic mass is 19.1. The van der Waals surface area contributed by atoms with E-state index in [1.165, 1.54) is 32.4 Å². The molecule has 0 aliphatic rings. The van der Waals surface area contributed by atoms with E-state index in [9.17, 15) is 9.18 Å². The SMILES string of the molecule is C#CCNC(=O)Nc1ccc(Oc2ccnc3cc(OC)c(OC)cc23)cc1F. The van der Waals surface area contributed by atoms with Crippen LogP contribution in [0.5, 0.6) is 23.0 Å². The van der Waals surface area contributed by atoms with Gasteiger partial charge in [0.15, 0.2) is 11.5 Å². The number of hydrogen-bond acceptors (Lipinski definition) is 5. The van der Waals surface area contributed by atoms with Gasteiger partial charge in [-0.3, -0.25) is 4.98 Å². The Morgan fingerprint density at radius 1 is 1.14 bits per heavy atom. The maximum Gasteiger partial charge on any atom is 0.320 e. The molecule has 1 aromatic heterocycles. The summed E-state index contributed by atoms with van der Waals surface area (Å²) in [6.07, 6.45) is 6.64. The molecule has 0 saturated carbocycles. The number of nitrogens with one attached hydrogen (secondary N) is 2. The Balaban J connectivity index is 1.86. The fourth-order valence-corrected chi connectivity index (χ4v) is 2.62. The quantitative estimate of drug-likeness (QED) is 0.618. The average molecular weight is 395 g/mol. The van der Waals surface area contributed by atoms with Crippen molar-refractivity contribution in [2.24, 2.45) is 0 Å². The van der Waals surface area contributed by atoms with Gasteiger partial charge < -0.3 is 24.8 Å². The predicted molar refractivity (Wildman–Crippen MR) is 107 cm³/mol. The molecule has 148 valence electrons. The molecule has 2 N–H and O–H groups in total. The van der Waals surface area contributed by atoms with Crippen LogP contribution in [0.25, 0.3) is 10.9 Å². The first-order valence-electron chi connectivity index (χ1n) is 8.52. The largest absolute Gasteiger partial charge is 0.493 e. The molecule has 0 aliphatic heterocycles. The number of fused-ring (bicyclic) bond motifs is 1. The van der Waals surface area contributed by atoms with Crippen LogP contribution in [0.2, 0.25) is 0 Å². The van der Waals surface area contributed by atoms with Crippen LogP contribution < -0.4 is 24.8 Å². The Hall–Kier alpha value is -3.99. The average Bonchev–Trinajstić information content (AvgIpc) is 2.73. The number of carbonyl (C=O) groups excluding carboxylic acids is 1. The highest BCUT2D eigenvalue weighted by Gasteiger charge is 2.13. The van der Waals surface area contributed by atoms with E-state index in [1.54, 1.807) is 24.4 Å². The van der Waals surface area contributed by atoms with Crippen LogP contribution in [0.3, 0.4) is 0 Å². The van der Waals surface area contributed by atoms with Crippen molar-refractivity contribution >= 4 is 22.6 Å². The Morgan fingerprint density at radius 2 is 1.90 bits per heavy atom. The molecular formula is C21H18FN3O4. The zero-order chi connectivity index (χ0) is 20.8. The van der Waals surface area contributed by atoms with Gasteiger partial charge in [0, 0.05) is 23.7 Å². The summed E-state index contributed by atoms with van der Waals surface area (Å²) < 4.78 is 30.8. The summed E-state index contributed by atoms with van der Waals surface area (Å²) in [7, 11) is 3.07. The Labute approximate surface area is 166 Å². The molecule has 0 atom stereocenters. The first kappa shape index (κ1) is 19.8. The van der Waals surface area contributed by atoms with Gasteiger partial charge in [0.25, 0.3) is 0 Å². The van der Waals surface area contributed by atoms with Crippen LogP contribution in [0.1, 0.15) is 0 Å². The van der Waals surface area contributed by atoms with Gasteiger partial charge in [-0.25, -0.2) is 9.18 Å². The van der Waals surface area contributed by atoms with Crippen molar-refractivity contribution in [1.29, 1.82) is 0 Å². The molecule has 29 heavy (non-hydrogen) atoms. The Kier molecular flexibility index (Phi) is 6.00. The van der Waals surface area contributed by atoms with Crippen LogP contribution in [-0.4, -0.2) is 31.8 Å². The first-order chi connectivity index (χ1) is 14.0. The van der Waals surface area contributed by atoms with E-state index < -0.39 is 11.8 Å². The lowest BCUT2D eigenvalue weighted by atomic mass is 10.2. The Bertz CT molecular complexity index is 1100. The normalized spacial score (nSPS) is 10.1. The zero-order valence-electron chi connectivity index (χ0n) is 15.8. The summed E-state index contributed by atoms with van der Waals surface area (Å²) in [5, 5.41) is 5.43. The molecule has 0 bridgehead atoms. The number of pyridine rings is 1. The minimum Gasteiger partial charge on any atom is -0.493 e. The maximum atomic E-state index is 14.4. The predicted octanol–water partition coefficient (Wildman–Crippen LogP) is 3.94. The molecule has 3 aromatic rings. The lowest BCUT2D eigenvalue weighted by Crippen LogP contribution is -2.29. The van der Waals surface area contributed by atoms with Crippen molar-refractivity contribution in [1.82, 2.24) is 10.3 Å². The number of nitrogens with zero attached hydrogens (tertiary/aromatic N) is 1. The van der Waals surface area contributed by atoms with E-state index >= 15 is 0 Å². The maximum absolute atomic E-state index is 14.4. The summed E-state index contributed by atoms with van der Waals surface area (Å²) in [4.78, 5) is 15.9. The number of aromatic nitrogens is 1. The number of terminal acetylenes is 1. The van der Waals surface area contributed by atoms with Crippen molar-refractivity contribution in [3.8, 4) is 35.3 Å². The van der Waals surface area contributed by atoms with Crippen LogP contribution in [0.4, 0.5) is 14.9 Å². The molecule has 0 unspecified atom stereocenters. The van der Waals surface area contributed by atoms with E-state index in [1.807, 2.05) is 0 Å². The number of urea groups is 1. The number of ether oxygens (including phenoxy) is 3. The van der Waals surface area contributed by atoms with Gasteiger partial charge in [-0.2, -0.15) is 0 Å². The smallest absolute Gasteiger partial charge is 0.320 e. The van der Waals surface area contributed by atoms with Crippen LogP contribution in [0, 0.1) is 18.2 Å². The minimum atomic E-state index is -0.657. The summed E-state index contributed by atoms with van der Waals surface area (Å²) in [5.74, 6) is 3.36. The molecule has 2 aromatic carbocycles. The van der Waals surface area contributed by atoms with Crippen molar-refractivity contribution in [3.63, 3.8) is 0 Å². The number of amides is 2. The second kappa shape index (κ2) is 8.80. The molecule has 1 heterocycles. The summed E-state index contributed by atoms with van der Waals surface area (Å²) in [5.41, 5.74) is 0.627. The van der Waals surface area contributed by atoms with Gasteiger partial charge in [0.05, 0.1) is 32.0 Å². The third-order valence-electron chi connectivity index (χ3n) is 3.97. The lowest BCUT2D eigenvalue weighted by molar-refractivity contribution is 0.253. The minimum absolute atomic E-state index is 0.00198. The fraction of sp³-hybridized carbons (Fsp3) is 0.143. The number of methoxy groups -OCH3 is 2. The van der Waals surface area contributed by atoms with Crippen molar-refractivity contribution in [2.45, 2.75) is 0 Å². The molecule has 7 nitrogen and oxygen atoms in total. The van der Waals surface area contributed by atoms with Crippen molar-refractivity contribution in [2.75, 3.05) is 26.1 Å². The zero-order valence-corrected chi connectivity index (χ0v) is 15.8. The molecule has 2 amide bonds. The molecule has 0 fully saturated rings. The standard InChI is InChI=1S/C21H18FN3O4/c1-4-8-24-21(26)25-16-6-5-13(10-15(16)22)29-18-7-9-23-17-12-20(28-3)19(27-2)11-14(17)18/h1,5-7,9-12H,8H2,2-3H3,(H2,24,25,26). The van der Waals surface area contributed by atoms with Gasteiger partial charge in [0.2, 0.25) is 0 Å². The fourth-order valence-electron chi connectivity index (χ4n) is 2.62. The molecule has 8 heteroatoms. The van der Waals surface area contributed by atoms with Gasteiger partial charge in [-0.05, 0) is 24.3 Å². The lowest BCUT2D eigenvalue weighted by Gasteiger charge is -2.13. The highest BCUT2D eigenvalue weighted by Crippen LogP contribution is 2.37. The number of carbonyl (C=O) groups is 1. The third kappa shape index (κ3) is 4.47. The third-order valence-corrected chi connectivity index (χ3v) is 3.97. The second-order valence-corrected chi connectivity index (χ2v) is 5.79. The van der Waals surface area contributed by atoms with Gasteiger partial charge in [-0.15, -0.1) is 6.42 Å². The van der Waals surface area contributed by atoms with E-state index in [4.69, 9.17) is 20.6 Å². The van der Waals surface area contributed by atoms with Crippen LogP contribution in [-0.2, 0) is 0 Å². The molecule has 0 saturated heterocycles. The van der Waals surface area contributed by atoms with Gasteiger partial charge >= 0.3 is 6.03 Å². The Morgan fingerprint density at radius 3 is 2.59 bits per heavy atom. The highest BCUT2D eigenvalue weighted by molar-refractivity contribution is 5.90. The number of benzene rings is 2. The molecule has 0 spiro atoms. The second-order valence-electron chi connectivity index (χ2n) is 5.79. The number of hydrogen-bond donors (Lipinski definition) is 2. The van der Waals surface area contributed by atoms with Crippen molar-refractivity contribution in [3.05, 3.63) is 48.4 Å². The summed E-state index contributed by atoms with van der Waals surface area (Å²) in [6.45, 7) is 0.0397. The topological polar surface area (TPSA) is 81.7 Å². The molecule has 0 radical (unpaired) electrons. The van der Waals surface area contributed by atoms with Gasteiger partial charge in [0.1, 0.15) is 17.3 Å². The van der Waals surface area contributed by atoms with Gasteiger partial charge in [-0.1, -0.05) is 5.92 Å². The van der Waals surface area contributed by atoms with Crippen molar-refractivity contribution < 1.29 is 23.4 Å². The molecule has 0 aliphatic carbocycles. The summed E-state index contributed by atoms with van der Waals surface area (Å²) >= 11 is 0. The number of rotatable bonds is 6. The first-order valence-corrected chi connectivity index (χ1v) is 8.52. The summed E-state index contributed by atoms with van der Waals surface area (Å²) in [6, 6.07) is 8.62. The number of halogens is 1. The molecule has 3 rings (SSSR count). The van der Waals surface area contributed by atoms with Crippen LogP contribution in [0.15, 0.2) is 42.6 Å². The monoisotopic (exact) mass is 395 g/mol. The van der Waals surface area contributed by atoms with E-state index in [0.29, 0.717) is 28.2 Å². The molecular weight excluding hydrogens is 377 g/mol. The van der Waals surface area contributed by atoms with E-state index in [0.717, 1.165) is 0 Å². The van der Waals surface area contributed by atoms with E-state index in [2.05, 4.69) is 21.5 Å². The van der Waals surface area contributed by atoms with Crippen LogP contribution >= 0.6 is 0 Å².